The van der Waals surface area contributed by atoms with E-state index in [1.54, 1.807) is 0 Å². The molecule has 0 aliphatic carbocycles. The number of rotatable bonds is 5. The molecule has 0 fully saturated rings. The molecule has 1 atom stereocenters. The van der Waals surface area contributed by atoms with E-state index in [0.717, 1.165) is 28.8 Å². The molecular weight excluding hydrogens is 266 g/mol. The van der Waals surface area contributed by atoms with Gasteiger partial charge >= 0.3 is 0 Å². The summed E-state index contributed by atoms with van der Waals surface area (Å²) < 4.78 is 6.80. The number of benzene rings is 1. The van der Waals surface area contributed by atoms with Crippen molar-refractivity contribution in [1.29, 1.82) is 0 Å². The standard InChI is InChI=1S/C13H20BrNO/c1-9(2)6-7-16-13-8-11(14)4-5-12(13)10(3)15/h4-5,8-10H,6-7,15H2,1-3H3. The van der Waals surface area contributed by atoms with Crippen LogP contribution in [0.25, 0.3) is 0 Å². The Kier molecular flexibility index (Phi) is 5.29. The summed E-state index contributed by atoms with van der Waals surface area (Å²) in [5.41, 5.74) is 6.96. The van der Waals surface area contributed by atoms with Crippen molar-refractivity contribution in [2.45, 2.75) is 33.2 Å². The Balaban J connectivity index is 2.72. The van der Waals surface area contributed by atoms with Crippen LogP contribution in [0, 0.1) is 5.92 Å². The highest BCUT2D eigenvalue weighted by Crippen LogP contribution is 2.27. The second-order valence-electron chi connectivity index (χ2n) is 4.50. The maximum atomic E-state index is 5.90. The maximum Gasteiger partial charge on any atom is 0.125 e. The molecule has 0 bridgehead atoms. The van der Waals surface area contributed by atoms with Gasteiger partial charge in [0.2, 0.25) is 0 Å². The minimum Gasteiger partial charge on any atom is -0.493 e. The molecule has 2 nitrogen and oxygen atoms in total. The van der Waals surface area contributed by atoms with Crippen LogP contribution in [0.1, 0.15) is 38.8 Å². The van der Waals surface area contributed by atoms with Crippen LogP contribution in [0.2, 0.25) is 0 Å². The average molecular weight is 286 g/mol. The van der Waals surface area contributed by atoms with E-state index in [-0.39, 0.29) is 6.04 Å². The third kappa shape index (κ3) is 4.14. The Morgan fingerprint density at radius 1 is 1.31 bits per heavy atom. The fourth-order valence-electron chi connectivity index (χ4n) is 1.41. The highest BCUT2D eigenvalue weighted by molar-refractivity contribution is 9.10. The van der Waals surface area contributed by atoms with Gasteiger partial charge in [0.15, 0.2) is 0 Å². The van der Waals surface area contributed by atoms with Crippen LogP contribution in [-0.4, -0.2) is 6.61 Å². The van der Waals surface area contributed by atoms with Crippen molar-refractivity contribution in [3.63, 3.8) is 0 Å². The highest BCUT2D eigenvalue weighted by atomic mass is 79.9. The van der Waals surface area contributed by atoms with Gasteiger partial charge in [-0.2, -0.15) is 0 Å². The van der Waals surface area contributed by atoms with E-state index in [0.29, 0.717) is 5.92 Å². The zero-order chi connectivity index (χ0) is 12.1. The van der Waals surface area contributed by atoms with Gasteiger partial charge in [0.05, 0.1) is 6.61 Å². The fraction of sp³-hybridized carbons (Fsp3) is 0.538. The van der Waals surface area contributed by atoms with Crippen molar-refractivity contribution in [2.24, 2.45) is 11.7 Å². The van der Waals surface area contributed by atoms with Gasteiger partial charge in [-0.1, -0.05) is 35.8 Å². The molecule has 3 heteroatoms. The molecule has 0 aliphatic rings. The molecule has 0 radical (unpaired) electrons. The van der Waals surface area contributed by atoms with Crippen LogP contribution in [0.15, 0.2) is 22.7 Å². The Bertz CT molecular complexity index is 337. The minimum absolute atomic E-state index is 0.00199. The third-order valence-corrected chi connectivity index (χ3v) is 2.91. The minimum atomic E-state index is 0.00199. The van der Waals surface area contributed by atoms with Crippen molar-refractivity contribution < 1.29 is 4.74 Å². The summed E-state index contributed by atoms with van der Waals surface area (Å²) in [5, 5.41) is 0. The molecule has 0 amide bonds. The van der Waals surface area contributed by atoms with Crippen LogP contribution < -0.4 is 10.5 Å². The number of hydrogen-bond donors (Lipinski definition) is 1. The molecule has 1 aromatic rings. The molecule has 1 rings (SSSR count). The molecule has 1 unspecified atom stereocenters. The molecule has 90 valence electrons. The van der Waals surface area contributed by atoms with Crippen molar-refractivity contribution in [3.8, 4) is 5.75 Å². The molecule has 2 N–H and O–H groups in total. The van der Waals surface area contributed by atoms with Crippen molar-refractivity contribution in [3.05, 3.63) is 28.2 Å². The molecule has 0 aromatic heterocycles. The largest absolute Gasteiger partial charge is 0.493 e. The predicted octanol–water partition coefficient (Wildman–Crippen LogP) is 3.89. The fourth-order valence-corrected chi connectivity index (χ4v) is 1.75. The van der Waals surface area contributed by atoms with Gasteiger partial charge in [-0.15, -0.1) is 0 Å². The molecule has 0 aliphatic heterocycles. The normalized spacial score (nSPS) is 12.9. The Morgan fingerprint density at radius 3 is 2.56 bits per heavy atom. The maximum absolute atomic E-state index is 5.90. The number of nitrogens with two attached hydrogens (primary N) is 1. The molecule has 0 saturated carbocycles. The lowest BCUT2D eigenvalue weighted by atomic mass is 10.1. The number of hydrogen-bond acceptors (Lipinski definition) is 2. The van der Waals surface area contributed by atoms with Crippen LogP contribution in [0.3, 0.4) is 0 Å². The third-order valence-electron chi connectivity index (χ3n) is 2.42. The molecule has 0 heterocycles. The lowest BCUT2D eigenvalue weighted by Crippen LogP contribution is -2.09. The van der Waals surface area contributed by atoms with Gasteiger partial charge in [0, 0.05) is 16.1 Å². The Morgan fingerprint density at radius 2 is 2.00 bits per heavy atom. The van der Waals surface area contributed by atoms with E-state index >= 15 is 0 Å². The number of halogens is 1. The Hall–Kier alpha value is -0.540. The topological polar surface area (TPSA) is 35.2 Å². The molecule has 0 saturated heterocycles. The Labute approximate surface area is 106 Å². The van der Waals surface area contributed by atoms with E-state index in [9.17, 15) is 0 Å². The summed E-state index contributed by atoms with van der Waals surface area (Å²) in [7, 11) is 0. The van der Waals surface area contributed by atoms with Gasteiger partial charge < -0.3 is 10.5 Å². The van der Waals surface area contributed by atoms with E-state index in [2.05, 4.69) is 29.8 Å². The van der Waals surface area contributed by atoms with Gasteiger partial charge in [-0.25, -0.2) is 0 Å². The first-order chi connectivity index (χ1) is 7.50. The second kappa shape index (κ2) is 6.26. The van der Waals surface area contributed by atoms with Gasteiger partial charge in [0.1, 0.15) is 5.75 Å². The molecule has 0 spiro atoms. The first-order valence-corrected chi connectivity index (χ1v) is 6.48. The smallest absolute Gasteiger partial charge is 0.125 e. The summed E-state index contributed by atoms with van der Waals surface area (Å²) in [4.78, 5) is 0. The van der Waals surface area contributed by atoms with Crippen molar-refractivity contribution in [2.75, 3.05) is 6.61 Å². The predicted molar refractivity (Wildman–Crippen MR) is 71.7 cm³/mol. The SMILES string of the molecule is CC(C)CCOc1cc(Br)ccc1C(C)N. The first-order valence-electron chi connectivity index (χ1n) is 5.68. The van der Waals surface area contributed by atoms with E-state index < -0.39 is 0 Å². The monoisotopic (exact) mass is 285 g/mol. The van der Waals surface area contributed by atoms with Crippen LogP contribution in [-0.2, 0) is 0 Å². The van der Waals surface area contributed by atoms with Crippen LogP contribution >= 0.6 is 15.9 Å². The summed E-state index contributed by atoms with van der Waals surface area (Å²) >= 11 is 3.45. The molecule has 16 heavy (non-hydrogen) atoms. The summed E-state index contributed by atoms with van der Waals surface area (Å²) in [6.07, 6.45) is 1.06. The van der Waals surface area contributed by atoms with Crippen LogP contribution in [0.5, 0.6) is 5.75 Å². The van der Waals surface area contributed by atoms with Crippen molar-refractivity contribution >= 4 is 15.9 Å². The summed E-state index contributed by atoms with van der Waals surface area (Å²) in [6, 6.07) is 5.99. The van der Waals surface area contributed by atoms with Crippen molar-refractivity contribution in [1.82, 2.24) is 0 Å². The highest BCUT2D eigenvalue weighted by Gasteiger charge is 2.08. The van der Waals surface area contributed by atoms with E-state index in [1.807, 2.05) is 25.1 Å². The molecular formula is C13H20BrNO. The second-order valence-corrected chi connectivity index (χ2v) is 5.42. The average Bonchev–Trinajstić information content (AvgIpc) is 2.16. The quantitative estimate of drug-likeness (QED) is 0.891. The van der Waals surface area contributed by atoms with Crippen LogP contribution in [0.4, 0.5) is 0 Å². The van der Waals surface area contributed by atoms with Gasteiger partial charge in [0.25, 0.3) is 0 Å². The summed E-state index contributed by atoms with van der Waals surface area (Å²) in [5.74, 6) is 1.55. The molecule has 1 aromatic carbocycles. The first kappa shape index (κ1) is 13.5. The van der Waals surface area contributed by atoms with E-state index in [1.165, 1.54) is 0 Å². The zero-order valence-electron chi connectivity index (χ0n) is 10.2. The lowest BCUT2D eigenvalue weighted by Gasteiger charge is -2.15. The number of ether oxygens (including phenoxy) is 1. The summed E-state index contributed by atoms with van der Waals surface area (Å²) in [6.45, 7) is 7.10. The zero-order valence-corrected chi connectivity index (χ0v) is 11.8. The van der Waals surface area contributed by atoms with Gasteiger partial charge in [-0.3, -0.25) is 0 Å². The lowest BCUT2D eigenvalue weighted by molar-refractivity contribution is 0.285. The van der Waals surface area contributed by atoms with Gasteiger partial charge in [-0.05, 0) is 31.4 Å². The van der Waals surface area contributed by atoms with E-state index in [4.69, 9.17) is 10.5 Å².